The highest BCUT2D eigenvalue weighted by Crippen LogP contribution is 2.39. The summed E-state index contributed by atoms with van der Waals surface area (Å²) >= 11 is 8.00. The first kappa shape index (κ1) is 13.5. The summed E-state index contributed by atoms with van der Waals surface area (Å²) in [6.45, 7) is 0.740. The summed E-state index contributed by atoms with van der Waals surface area (Å²) in [6.07, 6.45) is 2.93. The molecule has 0 radical (unpaired) electrons. The lowest BCUT2D eigenvalue weighted by Crippen LogP contribution is -2.44. The summed E-state index contributed by atoms with van der Waals surface area (Å²) in [5.74, 6) is 1.93. The Kier molecular flexibility index (Phi) is 3.92. The van der Waals surface area contributed by atoms with Crippen molar-refractivity contribution in [1.82, 2.24) is 0 Å². The van der Waals surface area contributed by atoms with Crippen LogP contribution in [0.4, 0.5) is 10.1 Å². The molecule has 5 heteroatoms. The van der Waals surface area contributed by atoms with Crippen LogP contribution in [0.25, 0.3) is 0 Å². The van der Waals surface area contributed by atoms with Crippen LogP contribution in [0.15, 0.2) is 18.2 Å². The van der Waals surface area contributed by atoms with Gasteiger partial charge in [0, 0.05) is 18.4 Å². The van der Waals surface area contributed by atoms with Crippen molar-refractivity contribution in [3.8, 4) is 0 Å². The lowest BCUT2D eigenvalue weighted by Gasteiger charge is -2.38. The van der Waals surface area contributed by atoms with Crippen molar-refractivity contribution in [2.45, 2.75) is 30.9 Å². The molecule has 0 saturated carbocycles. The topological polar surface area (TPSA) is 21.3 Å². The summed E-state index contributed by atoms with van der Waals surface area (Å²) in [5, 5.41) is 3.72. The average Bonchev–Trinajstić information content (AvgIpc) is 2.82. The molecule has 2 heterocycles. The number of rotatable bonds is 2. The molecular weight excluding hydrogens is 285 g/mol. The molecule has 2 aliphatic heterocycles. The SMILES string of the molecule is Fc1cccc(Cl)c1NC1CCOC2(CCSC2)C1. The lowest BCUT2D eigenvalue weighted by atomic mass is 9.90. The van der Waals surface area contributed by atoms with Gasteiger partial charge in [-0.05, 0) is 37.1 Å². The molecule has 1 spiro atoms. The summed E-state index contributed by atoms with van der Waals surface area (Å²) in [4.78, 5) is 0. The summed E-state index contributed by atoms with van der Waals surface area (Å²) < 4.78 is 19.8. The lowest BCUT2D eigenvalue weighted by molar-refractivity contribution is -0.0628. The van der Waals surface area contributed by atoms with E-state index in [4.69, 9.17) is 16.3 Å². The molecule has 2 atom stereocenters. The smallest absolute Gasteiger partial charge is 0.147 e. The van der Waals surface area contributed by atoms with E-state index in [9.17, 15) is 4.39 Å². The quantitative estimate of drug-likeness (QED) is 0.894. The fourth-order valence-corrected chi connectivity index (χ4v) is 4.45. The Labute approximate surface area is 122 Å². The minimum atomic E-state index is -0.283. The molecule has 2 unspecified atom stereocenters. The second-order valence-electron chi connectivity index (χ2n) is 5.26. The molecule has 1 aromatic rings. The van der Waals surface area contributed by atoms with Crippen LogP contribution in [-0.2, 0) is 4.74 Å². The van der Waals surface area contributed by atoms with E-state index < -0.39 is 0 Å². The fraction of sp³-hybridized carbons (Fsp3) is 0.571. The highest BCUT2D eigenvalue weighted by molar-refractivity contribution is 7.99. The van der Waals surface area contributed by atoms with Gasteiger partial charge < -0.3 is 10.1 Å². The molecule has 19 heavy (non-hydrogen) atoms. The summed E-state index contributed by atoms with van der Waals surface area (Å²) in [7, 11) is 0. The number of anilines is 1. The number of nitrogens with one attached hydrogen (secondary N) is 1. The van der Waals surface area contributed by atoms with Crippen molar-refractivity contribution < 1.29 is 9.13 Å². The Morgan fingerprint density at radius 3 is 3.11 bits per heavy atom. The molecule has 0 bridgehead atoms. The van der Waals surface area contributed by atoms with Crippen LogP contribution in [0.1, 0.15) is 19.3 Å². The maximum absolute atomic E-state index is 13.8. The van der Waals surface area contributed by atoms with Gasteiger partial charge in [-0.2, -0.15) is 11.8 Å². The van der Waals surface area contributed by atoms with Gasteiger partial charge in [0.05, 0.1) is 16.3 Å². The number of thioether (sulfide) groups is 1. The monoisotopic (exact) mass is 301 g/mol. The molecular formula is C14H17ClFNOS. The molecule has 0 aliphatic carbocycles. The number of halogens is 2. The minimum Gasteiger partial charge on any atom is -0.379 e. The van der Waals surface area contributed by atoms with Gasteiger partial charge in [-0.3, -0.25) is 0 Å². The summed E-state index contributed by atoms with van der Waals surface area (Å²) in [6, 6.07) is 5.02. The molecule has 0 amide bonds. The molecule has 2 fully saturated rings. The van der Waals surface area contributed by atoms with Crippen molar-refractivity contribution in [1.29, 1.82) is 0 Å². The van der Waals surface area contributed by atoms with E-state index >= 15 is 0 Å². The predicted molar refractivity (Wildman–Crippen MR) is 78.7 cm³/mol. The third kappa shape index (κ3) is 2.86. The second-order valence-corrected chi connectivity index (χ2v) is 6.78. The third-order valence-corrected chi connectivity index (χ3v) is 5.41. The van der Waals surface area contributed by atoms with Crippen LogP contribution in [0.2, 0.25) is 5.02 Å². The van der Waals surface area contributed by atoms with Gasteiger partial charge in [0.2, 0.25) is 0 Å². The van der Waals surface area contributed by atoms with Crippen molar-refractivity contribution >= 4 is 29.1 Å². The van der Waals surface area contributed by atoms with Crippen LogP contribution in [0, 0.1) is 5.82 Å². The minimum absolute atomic E-state index is 0.00167. The van der Waals surface area contributed by atoms with Gasteiger partial charge in [0.25, 0.3) is 0 Å². The number of benzene rings is 1. The van der Waals surface area contributed by atoms with E-state index in [1.807, 2.05) is 11.8 Å². The highest BCUT2D eigenvalue weighted by atomic mass is 35.5. The molecule has 2 nitrogen and oxygen atoms in total. The second kappa shape index (κ2) is 5.51. The molecule has 1 aromatic carbocycles. The standard InChI is InChI=1S/C14H17ClFNOS/c15-11-2-1-3-12(16)13(11)17-10-4-6-18-14(8-10)5-7-19-9-14/h1-3,10,17H,4-9H2. The Morgan fingerprint density at radius 2 is 2.37 bits per heavy atom. The van der Waals surface area contributed by atoms with Gasteiger partial charge in [-0.1, -0.05) is 17.7 Å². The van der Waals surface area contributed by atoms with Gasteiger partial charge in [0.1, 0.15) is 5.82 Å². The fourth-order valence-electron chi connectivity index (χ4n) is 2.85. The summed E-state index contributed by atoms with van der Waals surface area (Å²) in [5.41, 5.74) is 0.426. The van der Waals surface area contributed by atoms with Crippen LogP contribution >= 0.6 is 23.4 Å². The van der Waals surface area contributed by atoms with Gasteiger partial charge in [0.15, 0.2) is 0 Å². The predicted octanol–water partition coefficient (Wildman–Crippen LogP) is 3.95. The van der Waals surface area contributed by atoms with E-state index in [0.29, 0.717) is 10.7 Å². The van der Waals surface area contributed by atoms with E-state index in [1.54, 1.807) is 12.1 Å². The number of ether oxygens (including phenoxy) is 1. The first-order chi connectivity index (χ1) is 9.19. The zero-order chi connectivity index (χ0) is 13.3. The Bertz CT molecular complexity index is 445. The zero-order valence-corrected chi connectivity index (χ0v) is 12.2. The average molecular weight is 302 g/mol. The van der Waals surface area contributed by atoms with Crippen LogP contribution in [0.3, 0.4) is 0 Å². The number of para-hydroxylation sites is 1. The van der Waals surface area contributed by atoms with Gasteiger partial charge in [-0.15, -0.1) is 0 Å². The van der Waals surface area contributed by atoms with Gasteiger partial charge >= 0.3 is 0 Å². The van der Waals surface area contributed by atoms with E-state index in [-0.39, 0.29) is 17.5 Å². The molecule has 3 rings (SSSR count). The highest BCUT2D eigenvalue weighted by Gasteiger charge is 2.40. The molecule has 2 aliphatic rings. The Balaban J connectivity index is 1.73. The molecule has 0 aromatic heterocycles. The van der Waals surface area contributed by atoms with E-state index in [0.717, 1.165) is 37.4 Å². The maximum Gasteiger partial charge on any atom is 0.147 e. The first-order valence-corrected chi connectivity index (χ1v) is 8.14. The van der Waals surface area contributed by atoms with Crippen molar-refractivity contribution in [3.05, 3.63) is 29.0 Å². The largest absolute Gasteiger partial charge is 0.379 e. The molecule has 104 valence electrons. The zero-order valence-electron chi connectivity index (χ0n) is 10.6. The first-order valence-electron chi connectivity index (χ1n) is 6.61. The third-order valence-electron chi connectivity index (χ3n) is 3.87. The van der Waals surface area contributed by atoms with Crippen LogP contribution in [0.5, 0.6) is 0 Å². The van der Waals surface area contributed by atoms with Gasteiger partial charge in [-0.25, -0.2) is 4.39 Å². The van der Waals surface area contributed by atoms with Crippen LogP contribution in [-0.4, -0.2) is 29.8 Å². The number of hydrogen-bond donors (Lipinski definition) is 1. The van der Waals surface area contributed by atoms with E-state index in [2.05, 4.69) is 5.32 Å². The van der Waals surface area contributed by atoms with Crippen LogP contribution < -0.4 is 5.32 Å². The van der Waals surface area contributed by atoms with Crippen molar-refractivity contribution in [2.75, 3.05) is 23.4 Å². The molecule has 2 saturated heterocycles. The van der Waals surface area contributed by atoms with Crippen molar-refractivity contribution in [3.63, 3.8) is 0 Å². The normalized spacial score (nSPS) is 30.7. The maximum atomic E-state index is 13.8. The Hall–Kier alpha value is -0.450. The Morgan fingerprint density at radius 1 is 1.47 bits per heavy atom. The van der Waals surface area contributed by atoms with E-state index in [1.165, 1.54) is 6.07 Å². The molecule has 1 N–H and O–H groups in total. The van der Waals surface area contributed by atoms with Crippen molar-refractivity contribution in [2.24, 2.45) is 0 Å². The number of hydrogen-bond acceptors (Lipinski definition) is 3.